The van der Waals surface area contributed by atoms with Crippen LogP contribution < -0.4 is 20.9 Å². The van der Waals surface area contributed by atoms with Crippen LogP contribution in [0.3, 0.4) is 0 Å². The lowest BCUT2D eigenvalue weighted by molar-refractivity contribution is 0.366. The second-order valence-corrected chi connectivity index (χ2v) is 4.77. The smallest absolute Gasteiger partial charge is 0.322 e. The van der Waals surface area contributed by atoms with Crippen LogP contribution in [0, 0.1) is 5.92 Å². The molecule has 18 heavy (non-hydrogen) atoms. The van der Waals surface area contributed by atoms with Crippen LogP contribution in [-0.2, 0) is 0 Å². The van der Waals surface area contributed by atoms with Gasteiger partial charge >= 0.3 is 6.01 Å². The third kappa shape index (κ3) is 2.61. The van der Waals surface area contributed by atoms with Crippen molar-refractivity contribution in [2.75, 3.05) is 24.0 Å². The van der Waals surface area contributed by atoms with Crippen molar-refractivity contribution in [3.63, 3.8) is 0 Å². The molecule has 1 aromatic heterocycles. The molecule has 1 aliphatic heterocycles. The van der Waals surface area contributed by atoms with Gasteiger partial charge in [0.05, 0.1) is 7.11 Å². The van der Waals surface area contributed by atoms with E-state index in [0.717, 1.165) is 13.0 Å². The van der Waals surface area contributed by atoms with Gasteiger partial charge in [-0.1, -0.05) is 6.92 Å². The van der Waals surface area contributed by atoms with Gasteiger partial charge in [0.25, 0.3) is 0 Å². The van der Waals surface area contributed by atoms with E-state index in [4.69, 9.17) is 10.6 Å². The zero-order chi connectivity index (χ0) is 13.1. The van der Waals surface area contributed by atoms with E-state index in [1.807, 2.05) is 0 Å². The molecule has 0 amide bonds. The average Bonchev–Trinajstić information content (AvgIpc) is 2.40. The number of nitrogens with two attached hydrogens (primary N) is 1. The summed E-state index contributed by atoms with van der Waals surface area (Å²) in [5.41, 5.74) is 2.44. The van der Waals surface area contributed by atoms with Crippen LogP contribution in [0.4, 0.5) is 11.9 Å². The molecule has 7 nitrogen and oxygen atoms in total. The summed E-state index contributed by atoms with van der Waals surface area (Å²) >= 11 is 0. The van der Waals surface area contributed by atoms with E-state index in [2.05, 4.69) is 39.1 Å². The Hall–Kier alpha value is -1.63. The zero-order valence-electron chi connectivity index (χ0n) is 11.1. The van der Waals surface area contributed by atoms with Crippen molar-refractivity contribution in [2.24, 2.45) is 11.8 Å². The number of methoxy groups -OCH3 is 1. The van der Waals surface area contributed by atoms with Crippen LogP contribution in [0.1, 0.15) is 26.7 Å². The number of nitrogen functional groups attached to an aromatic ring is 1. The van der Waals surface area contributed by atoms with E-state index in [0.29, 0.717) is 23.9 Å². The SMILES string of the molecule is COc1nc(NN)nc(N2CC(C)CCC2C)n1. The third-order valence-corrected chi connectivity index (χ3v) is 3.29. The van der Waals surface area contributed by atoms with Gasteiger partial charge in [-0.3, -0.25) is 5.43 Å². The summed E-state index contributed by atoms with van der Waals surface area (Å²) in [6, 6.07) is 0.692. The van der Waals surface area contributed by atoms with Crippen LogP contribution in [0.5, 0.6) is 6.01 Å². The molecule has 100 valence electrons. The van der Waals surface area contributed by atoms with Crippen LogP contribution >= 0.6 is 0 Å². The molecule has 1 aromatic rings. The van der Waals surface area contributed by atoms with Gasteiger partial charge in [0, 0.05) is 12.6 Å². The molecule has 1 fully saturated rings. The number of nitrogens with zero attached hydrogens (tertiary/aromatic N) is 4. The Kier molecular flexibility index (Phi) is 3.81. The minimum absolute atomic E-state index is 0.276. The molecule has 2 rings (SSSR count). The van der Waals surface area contributed by atoms with Crippen molar-refractivity contribution in [1.29, 1.82) is 0 Å². The lowest BCUT2D eigenvalue weighted by Crippen LogP contribution is -2.42. The zero-order valence-corrected chi connectivity index (χ0v) is 11.1. The monoisotopic (exact) mass is 252 g/mol. The fraction of sp³-hybridized carbons (Fsp3) is 0.727. The van der Waals surface area contributed by atoms with Gasteiger partial charge in [-0.25, -0.2) is 5.84 Å². The van der Waals surface area contributed by atoms with Crippen molar-refractivity contribution in [2.45, 2.75) is 32.7 Å². The van der Waals surface area contributed by atoms with E-state index in [9.17, 15) is 0 Å². The van der Waals surface area contributed by atoms with E-state index < -0.39 is 0 Å². The van der Waals surface area contributed by atoms with Gasteiger partial charge < -0.3 is 9.64 Å². The second kappa shape index (κ2) is 5.34. The minimum atomic E-state index is 0.276. The molecule has 2 atom stereocenters. The number of anilines is 2. The van der Waals surface area contributed by atoms with Gasteiger partial charge in [0.15, 0.2) is 0 Å². The third-order valence-electron chi connectivity index (χ3n) is 3.29. The Morgan fingerprint density at radius 2 is 2.06 bits per heavy atom. The number of hydrogen-bond donors (Lipinski definition) is 2. The summed E-state index contributed by atoms with van der Waals surface area (Å²) in [6.07, 6.45) is 2.38. The standard InChI is InChI=1S/C11H20N6O/c1-7-4-5-8(2)17(6-7)10-13-9(16-12)14-11(15-10)18-3/h7-8H,4-6,12H2,1-3H3,(H,13,14,15,16). The Labute approximate surface area is 107 Å². The van der Waals surface area contributed by atoms with E-state index >= 15 is 0 Å². The highest BCUT2D eigenvalue weighted by molar-refractivity contribution is 5.39. The molecule has 0 saturated carbocycles. The molecule has 7 heteroatoms. The first-order chi connectivity index (χ1) is 8.63. The van der Waals surface area contributed by atoms with Crippen LogP contribution in [-0.4, -0.2) is 34.6 Å². The highest BCUT2D eigenvalue weighted by atomic mass is 16.5. The molecular formula is C11H20N6O. The Morgan fingerprint density at radius 1 is 1.28 bits per heavy atom. The summed E-state index contributed by atoms with van der Waals surface area (Å²) in [7, 11) is 1.53. The van der Waals surface area contributed by atoms with Crippen molar-refractivity contribution < 1.29 is 4.74 Å². The molecule has 1 aliphatic rings. The topological polar surface area (TPSA) is 89.2 Å². The summed E-state index contributed by atoms with van der Waals surface area (Å²) in [4.78, 5) is 14.8. The highest BCUT2D eigenvalue weighted by Crippen LogP contribution is 2.26. The van der Waals surface area contributed by atoms with Gasteiger partial charge in [-0.2, -0.15) is 15.0 Å². The first kappa shape index (κ1) is 12.8. The van der Waals surface area contributed by atoms with Gasteiger partial charge in [0.2, 0.25) is 11.9 Å². The van der Waals surface area contributed by atoms with E-state index in [1.54, 1.807) is 0 Å². The Bertz CT molecular complexity index is 390. The molecule has 1 saturated heterocycles. The molecule has 0 aliphatic carbocycles. The fourth-order valence-electron chi connectivity index (χ4n) is 2.20. The quantitative estimate of drug-likeness (QED) is 0.607. The van der Waals surface area contributed by atoms with Crippen molar-refractivity contribution in [3.8, 4) is 6.01 Å². The molecule has 3 N–H and O–H groups in total. The number of rotatable bonds is 3. The Morgan fingerprint density at radius 3 is 2.72 bits per heavy atom. The summed E-state index contributed by atoms with van der Waals surface area (Å²) in [5, 5.41) is 0. The predicted molar refractivity (Wildman–Crippen MR) is 69.4 cm³/mol. The molecule has 2 unspecified atom stereocenters. The second-order valence-electron chi connectivity index (χ2n) is 4.77. The van der Waals surface area contributed by atoms with Gasteiger partial charge in [-0.05, 0) is 25.7 Å². The first-order valence-corrected chi connectivity index (χ1v) is 6.17. The highest BCUT2D eigenvalue weighted by Gasteiger charge is 2.25. The molecule has 0 aromatic carbocycles. The predicted octanol–water partition coefficient (Wildman–Crippen LogP) is 0.791. The van der Waals surface area contributed by atoms with Gasteiger partial charge in [-0.15, -0.1) is 0 Å². The lowest BCUT2D eigenvalue weighted by atomic mass is 9.95. The summed E-state index contributed by atoms with van der Waals surface area (Å²) in [5.74, 6) is 6.94. The van der Waals surface area contributed by atoms with E-state index in [-0.39, 0.29) is 6.01 Å². The average molecular weight is 252 g/mol. The maximum atomic E-state index is 5.36. The van der Waals surface area contributed by atoms with Crippen molar-refractivity contribution >= 4 is 11.9 Å². The van der Waals surface area contributed by atoms with Crippen molar-refractivity contribution in [1.82, 2.24) is 15.0 Å². The number of hydrogen-bond acceptors (Lipinski definition) is 7. The number of aromatic nitrogens is 3. The Balaban J connectivity index is 2.30. The summed E-state index contributed by atoms with van der Waals surface area (Å²) in [6.45, 7) is 5.36. The minimum Gasteiger partial charge on any atom is -0.467 e. The molecule has 0 bridgehead atoms. The molecule has 0 spiro atoms. The largest absolute Gasteiger partial charge is 0.467 e. The number of ether oxygens (including phenoxy) is 1. The fourth-order valence-corrected chi connectivity index (χ4v) is 2.20. The lowest BCUT2D eigenvalue weighted by Gasteiger charge is -2.36. The van der Waals surface area contributed by atoms with Crippen LogP contribution in [0.15, 0.2) is 0 Å². The number of hydrazine groups is 1. The normalized spacial score (nSPS) is 23.9. The maximum Gasteiger partial charge on any atom is 0.322 e. The van der Waals surface area contributed by atoms with E-state index in [1.165, 1.54) is 13.5 Å². The molecule has 2 heterocycles. The van der Waals surface area contributed by atoms with Gasteiger partial charge in [0.1, 0.15) is 0 Å². The van der Waals surface area contributed by atoms with Crippen molar-refractivity contribution in [3.05, 3.63) is 0 Å². The number of piperidine rings is 1. The number of nitrogens with one attached hydrogen (secondary N) is 1. The molecule has 0 radical (unpaired) electrons. The molecular weight excluding hydrogens is 232 g/mol. The summed E-state index contributed by atoms with van der Waals surface area (Å²) < 4.78 is 5.07. The van der Waals surface area contributed by atoms with Crippen LogP contribution in [0.2, 0.25) is 0 Å². The maximum absolute atomic E-state index is 5.36. The van der Waals surface area contributed by atoms with Crippen LogP contribution in [0.25, 0.3) is 0 Å². The first-order valence-electron chi connectivity index (χ1n) is 6.17.